The number of fused-ring (bicyclic) bond motifs is 1. The zero-order valence-electron chi connectivity index (χ0n) is 16.7. The number of carbonyl (C=O) groups is 1. The Morgan fingerprint density at radius 3 is 2.82 bits per heavy atom. The van der Waals surface area contributed by atoms with Crippen molar-refractivity contribution in [1.29, 1.82) is 0 Å². The number of benzene rings is 1. The van der Waals surface area contributed by atoms with Crippen LogP contribution in [0.3, 0.4) is 0 Å². The van der Waals surface area contributed by atoms with Gasteiger partial charge in [0.1, 0.15) is 0 Å². The van der Waals surface area contributed by atoms with Crippen LogP contribution in [0.2, 0.25) is 0 Å². The van der Waals surface area contributed by atoms with Gasteiger partial charge in [-0.3, -0.25) is 9.79 Å². The van der Waals surface area contributed by atoms with Gasteiger partial charge in [0.05, 0.1) is 6.54 Å². The number of carbonyl (C=O) groups excluding carboxylic acids is 1. The molecule has 2 heterocycles. The molecule has 0 fully saturated rings. The van der Waals surface area contributed by atoms with Crippen LogP contribution in [0, 0.1) is 6.92 Å². The molecule has 2 N–H and O–H groups in total. The van der Waals surface area contributed by atoms with E-state index < -0.39 is 0 Å². The number of rotatable bonds is 5. The van der Waals surface area contributed by atoms with Crippen LogP contribution in [0.1, 0.15) is 46.2 Å². The van der Waals surface area contributed by atoms with E-state index in [0.717, 1.165) is 16.8 Å². The Morgan fingerprint density at radius 1 is 1.39 bits per heavy atom. The molecule has 1 unspecified atom stereocenters. The van der Waals surface area contributed by atoms with Crippen molar-refractivity contribution in [3.8, 4) is 0 Å². The van der Waals surface area contributed by atoms with E-state index in [4.69, 9.17) is 5.73 Å². The third-order valence-electron chi connectivity index (χ3n) is 5.02. The summed E-state index contributed by atoms with van der Waals surface area (Å²) in [6, 6.07) is 10.6. The lowest BCUT2D eigenvalue weighted by Gasteiger charge is -2.33. The molecular formula is C23H27N3OS. The van der Waals surface area contributed by atoms with Crippen molar-refractivity contribution in [3.05, 3.63) is 75.1 Å². The highest BCUT2D eigenvalue weighted by Crippen LogP contribution is 2.40. The van der Waals surface area contributed by atoms with Crippen LogP contribution in [0.4, 0.5) is 0 Å². The van der Waals surface area contributed by atoms with E-state index in [1.54, 1.807) is 11.3 Å². The summed E-state index contributed by atoms with van der Waals surface area (Å²) in [6.07, 6.45) is 3.27. The molecule has 2 aromatic rings. The van der Waals surface area contributed by atoms with Gasteiger partial charge in [0.15, 0.2) is 0 Å². The Bertz CT molecular complexity index is 951. The Morgan fingerprint density at radius 2 is 2.14 bits per heavy atom. The van der Waals surface area contributed by atoms with Gasteiger partial charge in [-0.05, 0) is 49.6 Å². The number of aryl methyl sites for hydroxylation is 1. The zero-order chi connectivity index (χ0) is 20.3. The SMILES string of the molecule is C=CC(=O)N1Cc2sc(C)cc2C(c2ccccc2C(/C=N/CC)=C(\C)N)C1. The maximum absolute atomic E-state index is 12.4. The summed E-state index contributed by atoms with van der Waals surface area (Å²) >= 11 is 1.76. The molecule has 0 bridgehead atoms. The van der Waals surface area contributed by atoms with Gasteiger partial charge < -0.3 is 10.6 Å². The molecule has 1 atom stereocenters. The third kappa shape index (κ3) is 3.94. The normalized spacial score (nSPS) is 17.4. The molecule has 0 saturated carbocycles. The molecule has 0 spiro atoms. The highest BCUT2D eigenvalue weighted by atomic mass is 32.1. The number of hydrogen-bond donors (Lipinski definition) is 1. The Hall–Kier alpha value is -2.66. The Balaban J connectivity index is 2.15. The van der Waals surface area contributed by atoms with E-state index in [2.05, 4.69) is 36.7 Å². The number of allylic oxidation sites excluding steroid dienone is 2. The molecule has 1 aliphatic heterocycles. The van der Waals surface area contributed by atoms with E-state index >= 15 is 0 Å². The van der Waals surface area contributed by atoms with Gasteiger partial charge in [0.25, 0.3) is 0 Å². The molecule has 1 amide bonds. The molecule has 1 aromatic carbocycles. The van der Waals surface area contributed by atoms with Crippen molar-refractivity contribution in [2.24, 2.45) is 10.7 Å². The molecule has 5 heteroatoms. The third-order valence-corrected chi connectivity index (χ3v) is 6.07. The van der Waals surface area contributed by atoms with Crippen molar-refractivity contribution >= 4 is 29.0 Å². The fraction of sp³-hybridized carbons (Fsp3) is 0.304. The summed E-state index contributed by atoms with van der Waals surface area (Å²) in [5, 5.41) is 0. The van der Waals surface area contributed by atoms with E-state index in [-0.39, 0.29) is 11.8 Å². The van der Waals surface area contributed by atoms with Crippen molar-refractivity contribution in [2.45, 2.75) is 33.2 Å². The second kappa shape index (κ2) is 8.57. The lowest BCUT2D eigenvalue weighted by Crippen LogP contribution is -2.37. The van der Waals surface area contributed by atoms with Gasteiger partial charge in [-0.2, -0.15) is 0 Å². The first-order valence-electron chi connectivity index (χ1n) is 9.52. The van der Waals surface area contributed by atoms with Gasteiger partial charge >= 0.3 is 0 Å². The molecule has 1 aliphatic rings. The van der Waals surface area contributed by atoms with Gasteiger partial charge in [0.2, 0.25) is 5.91 Å². The fourth-order valence-electron chi connectivity index (χ4n) is 3.73. The summed E-state index contributed by atoms with van der Waals surface area (Å²) in [5.74, 6) is 0.0654. The first kappa shape index (κ1) is 20.1. The summed E-state index contributed by atoms with van der Waals surface area (Å²) in [6.45, 7) is 11.7. The lowest BCUT2D eigenvalue weighted by molar-refractivity contribution is -0.127. The first-order chi connectivity index (χ1) is 13.5. The average molecular weight is 394 g/mol. The number of thiophene rings is 1. The maximum Gasteiger partial charge on any atom is 0.246 e. The molecule has 3 rings (SSSR count). The smallest absolute Gasteiger partial charge is 0.246 e. The van der Waals surface area contributed by atoms with Gasteiger partial charge in [-0.1, -0.05) is 30.8 Å². The number of nitrogens with two attached hydrogens (primary N) is 1. The van der Waals surface area contributed by atoms with E-state index in [1.165, 1.54) is 27.0 Å². The molecule has 0 radical (unpaired) electrons. The largest absolute Gasteiger partial charge is 0.402 e. The number of nitrogens with zero attached hydrogens (tertiary/aromatic N) is 2. The molecular weight excluding hydrogens is 366 g/mol. The molecule has 28 heavy (non-hydrogen) atoms. The summed E-state index contributed by atoms with van der Waals surface area (Å²) < 4.78 is 0. The number of amides is 1. The zero-order valence-corrected chi connectivity index (χ0v) is 17.6. The predicted molar refractivity (Wildman–Crippen MR) is 119 cm³/mol. The topological polar surface area (TPSA) is 58.7 Å². The van der Waals surface area contributed by atoms with Crippen molar-refractivity contribution in [1.82, 2.24) is 4.90 Å². The van der Waals surface area contributed by atoms with Crippen LogP contribution in [0.5, 0.6) is 0 Å². The second-order valence-electron chi connectivity index (χ2n) is 7.02. The van der Waals surface area contributed by atoms with Crippen LogP contribution < -0.4 is 5.73 Å². The molecule has 0 aliphatic carbocycles. The van der Waals surface area contributed by atoms with E-state index in [9.17, 15) is 4.79 Å². The molecule has 1 aromatic heterocycles. The minimum atomic E-state index is -0.0301. The van der Waals surface area contributed by atoms with Crippen molar-refractivity contribution in [2.75, 3.05) is 13.1 Å². The Kier molecular flexibility index (Phi) is 6.15. The maximum atomic E-state index is 12.4. The van der Waals surface area contributed by atoms with Crippen molar-refractivity contribution < 1.29 is 4.79 Å². The van der Waals surface area contributed by atoms with Crippen LogP contribution in [-0.4, -0.2) is 30.1 Å². The summed E-state index contributed by atoms with van der Waals surface area (Å²) in [5.41, 5.74) is 11.5. The van der Waals surface area contributed by atoms with Gasteiger partial charge in [-0.25, -0.2) is 0 Å². The summed E-state index contributed by atoms with van der Waals surface area (Å²) in [7, 11) is 0. The van der Waals surface area contributed by atoms with E-state index in [1.807, 2.05) is 37.1 Å². The average Bonchev–Trinajstić information content (AvgIpc) is 3.07. The highest BCUT2D eigenvalue weighted by molar-refractivity contribution is 7.12. The van der Waals surface area contributed by atoms with Crippen LogP contribution in [0.25, 0.3) is 5.57 Å². The monoisotopic (exact) mass is 393 g/mol. The number of aliphatic imine (C=N–C) groups is 1. The van der Waals surface area contributed by atoms with Crippen LogP contribution >= 0.6 is 11.3 Å². The summed E-state index contributed by atoms with van der Waals surface area (Å²) in [4.78, 5) is 21.2. The molecule has 0 saturated heterocycles. The minimum Gasteiger partial charge on any atom is -0.402 e. The Labute approximate surface area is 171 Å². The van der Waals surface area contributed by atoms with Gasteiger partial charge in [0, 0.05) is 46.2 Å². The van der Waals surface area contributed by atoms with E-state index in [0.29, 0.717) is 19.6 Å². The quantitative estimate of drug-likeness (QED) is 0.601. The number of hydrogen-bond acceptors (Lipinski definition) is 4. The van der Waals surface area contributed by atoms with Crippen LogP contribution in [-0.2, 0) is 11.3 Å². The first-order valence-corrected chi connectivity index (χ1v) is 10.3. The lowest BCUT2D eigenvalue weighted by atomic mass is 9.83. The standard InChI is InChI=1S/C23H27N3OS/c1-5-23(27)26-13-21(19-11-15(3)28-22(19)14-26)18-10-8-7-9-17(18)20(16(4)24)12-25-6-2/h5,7-12,21H,1,6,13-14,24H2,2-4H3/b20-16+,25-12+. The molecule has 146 valence electrons. The highest BCUT2D eigenvalue weighted by Gasteiger charge is 2.31. The van der Waals surface area contributed by atoms with Gasteiger partial charge in [-0.15, -0.1) is 11.3 Å². The fourth-order valence-corrected chi connectivity index (χ4v) is 4.85. The van der Waals surface area contributed by atoms with Crippen molar-refractivity contribution in [3.63, 3.8) is 0 Å². The second-order valence-corrected chi connectivity index (χ2v) is 8.36. The molecule has 4 nitrogen and oxygen atoms in total. The predicted octanol–water partition coefficient (Wildman–Crippen LogP) is 4.50. The van der Waals surface area contributed by atoms with Crippen LogP contribution in [0.15, 0.2) is 53.7 Å². The minimum absolute atomic E-state index is 0.0301.